The summed E-state index contributed by atoms with van der Waals surface area (Å²) in [6.45, 7) is 0. The van der Waals surface area contributed by atoms with Crippen LogP contribution in [0.15, 0.2) is 176 Å². The predicted molar refractivity (Wildman–Crippen MR) is 215 cm³/mol. The molecule has 3 heteroatoms. The lowest BCUT2D eigenvalue weighted by Crippen LogP contribution is -1.97. The van der Waals surface area contributed by atoms with Crippen molar-refractivity contribution >= 4 is 75.9 Å². The normalized spacial score (nSPS) is 11.9. The fraction of sp³-hybridized carbons (Fsp3) is 0. The van der Waals surface area contributed by atoms with Crippen molar-refractivity contribution in [2.24, 2.45) is 0 Å². The Labute approximate surface area is 293 Å². The Morgan fingerprint density at radius 1 is 0.373 bits per heavy atom. The zero-order chi connectivity index (χ0) is 33.5. The molecule has 2 aromatic heterocycles. The number of rotatable bonds is 3. The fourth-order valence-corrected chi connectivity index (χ4v) is 8.19. The van der Waals surface area contributed by atoms with Crippen LogP contribution in [0.25, 0.3) is 104 Å². The number of benzene rings is 9. The van der Waals surface area contributed by atoms with E-state index in [-0.39, 0.29) is 0 Å². The summed E-state index contributed by atoms with van der Waals surface area (Å²) in [7, 11) is 0. The summed E-state index contributed by atoms with van der Waals surface area (Å²) < 4.78 is 2.47. The minimum atomic E-state index is 0.883. The van der Waals surface area contributed by atoms with Crippen molar-refractivity contribution in [2.75, 3.05) is 0 Å². The topological polar surface area (TPSA) is 30.7 Å². The molecule has 11 aromatic rings. The van der Waals surface area contributed by atoms with E-state index in [1.54, 1.807) is 0 Å². The maximum atomic E-state index is 5.50. The van der Waals surface area contributed by atoms with Crippen molar-refractivity contribution in [3.8, 4) is 28.2 Å². The van der Waals surface area contributed by atoms with Crippen LogP contribution >= 0.6 is 0 Å². The van der Waals surface area contributed by atoms with Crippen LogP contribution in [0, 0.1) is 0 Å². The third-order valence-electron chi connectivity index (χ3n) is 10.5. The van der Waals surface area contributed by atoms with Gasteiger partial charge in [0.25, 0.3) is 0 Å². The van der Waals surface area contributed by atoms with Crippen LogP contribution in [0.3, 0.4) is 0 Å². The molecule has 0 saturated heterocycles. The molecule has 0 radical (unpaired) electrons. The van der Waals surface area contributed by atoms with Gasteiger partial charge in [-0.1, -0.05) is 152 Å². The summed E-state index contributed by atoms with van der Waals surface area (Å²) in [5.74, 6) is 0. The van der Waals surface area contributed by atoms with E-state index < -0.39 is 0 Å². The van der Waals surface area contributed by atoms with E-state index in [1.165, 1.54) is 48.7 Å². The summed E-state index contributed by atoms with van der Waals surface area (Å²) in [6, 6.07) is 63.0. The molecule has 2 heterocycles. The molecule has 11 rings (SSSR count). The summed E-state index contributed by atoms with van der Waals surface area (Å²) in [5, 5.41) is 12.1. The van der Waals surface area contributed by atoms with Gasteiger partial charge in [-0.05, 0) is 56.6 Å². The van der Waals surface area contributed by atoms with Gasteiger partial charge in [-0.25, -0.2) is 9.97 Å². The van der Waals surface area contributed by atoms with Crippen molar-refractivity contribution in [2.45, 2.75) is 0 Å². The Morgan fingerprint density at radius 3 is 1.73 bits per heavy atom. The van der Waals surface area contributed by atoms with Crippen molar-refractivity contribution in [1.82, 2.24) is 14.5 Å². The second kappa shape index (κ2) is 10.8. The second-order valence-corrected chi connectivity index (χ2v) is 13.4. The summed E-state index contributed by atoms with van der Waals surface area (Å²) in [4.78, 5) is 10.8. The van der Waals surface area contributed by atoms with Gasteiger partial charge >= 0.3 is 0 Å². The molecule has 0 aliphatic rings. The van der Waals surface area contributed by atoms with Crippen LogP contribution in [-0.2, 0) is 0 Å². The summed E-state index contributed by atoms with van der Waals surface area (Å²) in [5.41, 5.74) is 9.21. The zero-order valence-electron chi connectivity index (χ0n) is 27.6. The Bertz CT molecular complexity index is 3180. The molecular formula is C48H29N3. The lowest BCUT2D eigenvalue weighted by Gasteiger charge is -2.15. The Kier molecular flexibility index (Phi) is 5.96. The van der Waals surface area contributed by atoms with Gasteiger partial charge < -0.3 is 4.57 Å². The van der Waals surface area contributed by atoms with Gasteiger partial charge in [0.15, 0.2) is 0 Å². The molecule has 0 bridgehead atoms. The number of nitrogens with zero attached hydrogens (tertiary/aromatic N) is 3. The number of aromatic nitrogens is 3. The molecule has 51 heavy (non-hydrogen) atoms. The first kappa shape index (κ1) is 28.0. The van der Waals surface area contributed by atoms with Crippen LogP contribution in [0.5, 0.6) is 0 Å². The van der Waals surface area contributed by atoms with Crippen molar-refractivity contribution in [3.05, 3.63) is 176 Å². The first-order chi connectivity index (χ1) is 25.3. The lowest BCUT2D eigenvalue weighted by atomic mass is 9.98. The van der Waals surface area contributed by atoms with E-state index in [4.69, 9.17) is 9.97 Å². The van der Waals surface area contributed by atoms with Gasteiger partial charge in [0.05, 0.1) is 33.5 Å². The fourth-order valence-electron chi connectivity index (χ4n) is 8.19. The molecule has 0 aliphatic heterocycles. The molecule has 0 fully saturated rings. The molecule has 3 nitrogen and oxygen atoms in total. The van der Waals surface area contributed by atoms with Crippen LogP contribution in [0.4, 0.5) is 0 Å². The quantitative estimate of drug-likeness (QED) is 0.179. The predicted octanol–water partition coefficient (Wildman–Crippen LogP) is 12.7. The van der Waals surface area contributed by atoms with E-state index in [2.05, 4.69) is 168 Å². The van der Waals surface area contributed by atoms with Crippen LogP contribution in [-0.4, -0.2) is 14.5 Å². The van der Waals surface area contributed by atoms with Crippen molar-refractivity contribution in [3.63, 3.8) is 0 Å². The average Bonchev–Trinajstić information content (AvgIpc) is 3.56. The highest BCUT2D eigenvalue weighted by atomic mass is 15.0. The second-order valence-electron chi connectivity index (χ2n) is 13.4. The molecule has 0 aliphatic carbocycles. The van der Waals surface area contributed by atoms with E-state index in [9.17, 15) is 0 Å². The molecule has 0 N–H and O–H groups in total. The Balaban J connectivity index is 1.26. The molecule has 0 spiro atoms. The van der Waals surface area contributed by atoms with Crippen LogP contribution in [0.2, 0.25) is 0 Å². The monoisotopic (exact) mass is 647 g/mol. The first-order valence-electron chi connectivity index (χ1n) is 17.4. The number of hydrogen-bond acceptors (Lipinski definition) is 2. The molecule has 9 aromatic carbocycles. The smallest absolute Gasteiger partial charge is 0.0979 e. The lowest BCUT2D eigenvalue weighted by molar-refractivity contribution is 1.19. The third-order valence-corrected chi connectivity index (χ3v) is 10.5. The van der Waals surface area contributed by atoms with Gasteiger partial charge in [-0.15, -0.1) is 0 Å². The van der Waals surface area contributed by atoms with E-state index in [1.807, 2.05) is 12.1 Å². The molecular weight excluding hydrogens is 619 g/mol. The maximum Gasteiger partial charge on any atom is 0.0979 e. The van der Waals surface area contributed by atoms with Crippen molar-refractivity contribution < 1.29 is 0 Å². The van der Waals surface area contributed by atoms with Crippen LogP contribution < -0.4 is 0 Å². The summed E-state index contributed by atoms with van der Waals surface area (Å²) in [6.07, 6.45) is 0. The molecule has 0 saturated carbocycles. The Hall–Kier alpha value is -6.84. The minimum absolute atomic E-state index is 0.883. The summed E-state index contributed by atoms with van der Waals surface area (Å²) >= 11 is 0. The maximum absolute atomic E-state index is 5.50. The van der Waals surface area contributed by atoms with Crippen LogP contribution in [0.1, 0.15) is 0 Å². The van der Waals surface area contributed by atoms with Gasteiger partial charge in [0.1, 0.15) is 0 Å². The third kappa shape index (κ3) is 4.19. The van der Waals surface area contributed by atoms with Gasteiger partial charge in [0, 0.05) is 38.4 Å². The minimum Gasteiger partial charge on any atom is -0.309 e. The highest BCUT2D eigenvalue weighted by Crippen LogP contribution is 2.42. The largest absolute Gasteiger partial charge is 0.309 e. The highest BCUT2D eigenvalue weighted by Gasteiger charge is 2.19. The van der Waals surface area contributed by atoms with Gasteiger partial charge in [-0.3, -0.25) is 0 Å². The highest BCUT2D eigenvalue weighted by molar-refractivity contribution is 6.26. The van der Waals surface area contributed by atoms with E-state index in [0.29, 0.717) is 0 Å². The Morgan fingerprint density at radius 2 is 0.941 bits per heavy atom. The van der Waals surface area contributed by atoms with Gasteiger partial charge in [-0.2, -0.15) is 0 Å². The zero-order valence-corrected chi connectivity index (χ0v) is 27.6. The molecule has 0 atom stereocenters. The van der Waals surface area contributed by atoms with Gasteiger partial charge in [0.2, 0.25) is 0 Å². The molecule has 0 amide bonds. The number of hydrogen-bond donors (Lipinski definition) is 0. The standard InChI is InChI=1S/C48H29N3/c1-3-13-34(14-4-1)45-46(35-15-5-2-6-16-35)50-47-41(49-45)27-23-33-20-19-32-21-25-36(29-40(32)43(33)47)51-42-28-24-30-11-7-9-17-37(30)44(42)39-26-22-31-12-8-10-18-38(31)48(39)51/h1-29H. The van der Waals surface area contributed by atoms with E-state index in [0.717, 1.165) is 55.4 Å². The SMILES string of the molecule is c1ccc(-c2nc3ccc4ccc5ccc(-n6c7ccc8ccccc8c7c7ccc8ccccc8c76)cc5c4c3nc2-c2ccccc2)cc1. The van der Waals surface area contributed by atoms with Crippen molar-refractivity contribution in [1.29, 1.82) is 0 Å². The van der Waals surface area contributed by atoms with E-state index >= 15 is 0 Å². The molecule has 0 unspecified atom stereocenters. The molecule has 236 valence electrons. The first-order valence-corrected chi connectivity index (χ1v) is 17.4. The average molecular weight is 648 g/mol. The number of fused-ring (bicyclic) bond motifs is 12.